The largest absolute Gasteiger partial charge is 0.398 e. The van der Waals surface area contributed by atoms with Crippen molar-refractivity contribution in [2.75, 3.05) is 5.73 Å². The Labute approximate surface area is 107 Å². The SMILES string of the molecule is Cc1ccc(C(=O)NC(C)(C)CC(N)=O)cc1N. The van der Waals surface area contributed by atoms with Crippen LogP contribution in [0.4, 0.5) is 5.69 Å². The molecule has 0 aliphatic rings. The maximum Gasteiger partial charge on any atom is 0.251 e. The molecule has 2 amide bonds. The van der Waals surface area contributed by atoms with Crippen molar-refractivity contribution in [1.82, 2.24) is 5.32 Å². The zero-order valence-electron chi connectivity index (χ0n) is 10.9. The molecule has 0 aliphatic heterocycles. The third kappa shape index (κ3) is 3.76. The van der Waals surface area contributed by atoms with Crippen LogP contribution in [0, 0.1) is 6.92 Å². The second-order valence-corrected chi connectivity index (χ2v) is 5.05. The third-order valence-corrected chi connectivity index (χ3v) is 2.61. The minimum atomic E-state index is -0.678. The first-order valence-corrected chi connectivity index (χ1v) is 5.68. The van der Waals surface area contributed by atoms with Crippen LogP contribution >= 0.6 is 0 Å². The lowest BCUT2D eigenvalue weighted by Crippen LogP contribution is -2.46. The van der Waals surface area contributed by atoms with E-state index < -0.39 is 11.4 Å². The molecule has 5 N–H and O–H groups in total. The van der Waals surface area contributed by atoms with Crippen molar-refractivity contribution < 1.29 is 9.59 Å². The van der Waals surface area contributed by atoms with Crippen LogP contribution in [0.1, 0.15) is 36.2 Å². The van der Waals surface area contributed by atoms with E-state index in [4.69, 9.17) is 11.5 Å². The molecule has 0 spiro atoms. The molecule has 1 aromatic carbocycles. The normalized spacial score (nSPS) is 11.1. The van der Waals surface area contributed by atoms with Gasteiger partial charge in [0.25, 0.3) is 5.91 Å². The van der Waals surface area contributed by atoms with E-state index in [-0.39, 0.29) is 12.3 Å². The van der Waals surface area contributed by atoms with Crippen molar-refractivity contribution in [2.24, 2.45) is 5.73 Å². The molecule has 0 unspecified atom stereocenters. The second kappa shape index (κ2) is 5.08. The second-order valence-electron chi connectivity index (χ2n) is 5.05. The van der Waals surface area contributed by atoms with E-state index in [0.29, 0.717) is 11.3 Å². The predicted octanol–water partition coefficient (Wildman–Crippen LogP) is 0.961. The Morgan fingerprint density at radius 3 is 2.44 bits per heavy atom. The predicted molar refractivity (Wildman–Crippen MR) is 70.9 cm³/mol. The number of primary amides is 1. The molecule has 0 saturated heterocycles. The van der Waals surface area contributed by atoms with Gasteiger partial charge in [0.2, 0.25) is 5.91 Å². The summed E-state index contributed by atoms with van der Waals surface area (Å²) in [6.07, 6.45) is 0.0834. The summed E-state index contributed by atoms with van der Waals surface area (Å²) >= 11 is 0. The minimum Gasteiger partial charge on any atom is -0.398 e. The van der Waals surface area contributed by atoms with Crippen molar-refractivity contribution in [1.29, 1.82) is 0 Å². The van der Waals surface area contributed by atoms with Crippen LogP contribution in [0.25, 0.3) is 0 Å². The van der Waals surface area contributed by atoms with Gasteiger partial charge in [0, 0.05) is 23.2 Å². The van der Waals surface area contributed by atoms with Gasteiger partial charge in [-0.2, -0.15) is 0 Å². The van der Waals surface area contributed by atoms with Crippen molar-refractivity contribution in [3.63, 3.8) is 0 Å². The van der Waals surface area contributed by atoms with Crippen molar-refractivity contribution in [3.05, 3.63) is 29.3 Å². The van der Waals surface area contributed by atoms with Gasteiger partial charge < -0.3 is 16.8 Å². The molecule has 98 valence electrons. The van der Waals surface area contributed by atoms with E-state index in [1.807, 2.05) is 6.92 Å². The van der Waals surface area contributed by atoms with E-state index in [1.165, 1.54) is 0 Å². The van der Waals surface area contributed by atoms with Crippen LogP contribution in [0.3, 0.4) is 0 Å². The first-order chi connectivity index (χ1) is 8.21. The first kappa shape index (κ1) is 14.0. The number of hydrogen-bond donors (Lipinski definition) is 3. The summed E-state index contributed by atoms with van der Waals surface area (Å²) in [4.78, 5) is 22.9. The Kier molecular flexibility index (Phi) is 3.96. The molecule has 0 bridgehead atoms. The molecule has 18 heavy (non-hydrogen) atoms. The van der Waals surface area contributed by atoms with Gasteiger partial charge >= 0.3 is 0 Å². The number of aryl methyl sites for hydroxylation is 1. The summed E-state index contributed by atoms with van der Waals surface area (Å²) in [7, 11) is 0. The summed E-state index contributed by atoms with van der Waals surface area (Å²) in [5.74, 6) is -0.725. The number of carbonyl (C=O) groups is 2. The lowest BCUT2D eigenvalue weighted by molar-refractivity contribution is -0.119. The Hall–Kier alpha value is -2.04. The number of nitrogen functional groups attached to an aromatic ring is 1. The van der Waals surface area contributed by atoms with Crippen molar-refractivity contribution in [3.8, 4) is 0 Å². The molecular weight excluding hydrogens is 230 g/mol. The molecule has 0 saturated carbocycles. The summed E-state index contributed by atoms with van der Waals surface area (Å²) < 4.78 is 0. The number of hydrogen-bond acceptors (Lipinski definition) is 3. The highest BCUT2D eigenvalue weighted by atomic mass is 16.2. The third-order valence-electron chi connectivity index (χ3n) is 2.61. The van der Waals surface area contributed by atoms with Gasteiger partial charge in [0.15, 0.2) is 0 Å². The lowest BCUT2D eigenvalue weighted by Gasteiger charge is -2.24. The highest BCUT2D eigenvalue weighted by Gasteiger charge is 2.23. The van der Waals surface area contributed by atoms with Crippen LogP contribution in [0.15, 0.2) is 18.2 Å². The lowest BCUT2D eigenvalue weighted by atomic mass is 9.99. The standard InChI is InChI=1S/C13H19N3O2/c1-8-4-5-9(6-10(8)14)12(18)16-13(2,3)7-11(15)17/h4-6H,7,14H2,1-3H3,(H2,15,17)(H,16,18). The van der Waals surface area contributed by atoms with Gasteiger partial charge in [-0.3, -0.25) is 9.59 Å². The highest BCUT2D eigenvalue weighted by molar-refractivity contribution is 5.96. The first-order valence-electron chi connectivity index (χ1n) is 5.68. The molecule has 0 atom stereocenters. The monoisotopic (exact) mass is 249 g/mol. The number of anilines is 1. The van der Waals surface area contributed by atoms with Gasteiger partial charge in [-0.15, -0.1) is 0 Å². The minimum absolute atomic E-state index is 0.0834. The van der Waals surface area contributed by atoms with E-state index in [9.17, 15) is 9.59 Å². The topological polar surface area (TPSA) is 98.2 Å². The van der Waals surface area contributed by atoms with Crippen LogP contribution < -0.4 is 16.8 Å². The zero-order valence-corrected chi connectivity index (χ0v) is 10.9. The number of amides is 2. The molecular formula is C13H19N3O2. The number of rotatable bonds is 4. The molecule has 0 aromatic heterocycles. The van der Waals surface area contributed by atoms with Crippen LogP contribution in [-0.2, 0) is 4.79 Å². The molecule has 1 aromatic rings. The summed E-state index contributed by atoms with van der Waals surface area (Å²) in [6, 6.07) is 5.09. The molecule has 0 fully saturated rings. The van der Waals surface area contributed by atoms with Crippen molar-refractivity contribution in [2.45, 2.75) is 32.7 Å². The van der Waals surface area contributed by atoms with Gasteiger partial charge in [-0.25, -0.2) is 0 Å². The number of nitrogens with two attached hydrogens (primary N) is 2. The van der Waals surface area contributed by atoms with E-state index in [0.717, 1.165) is 5.56 Å². The van der Waals surface area contributed by atoms with Gasteiger partial charge in [-0.1, -0.05) is 6.07 Å². The fourth-order valence-electron chi connectivity index (χ4n) is 1.64. The molecule has 0 aliphatic carbocycles. The fraction of sp³-hybridized carbons (Fsp3) is 0.385. The Balaban J connectivity index is 2.82. The van der Waals surface area contributed by atoms with Gasteiger partial charge in [-0.05, 0) is 38.5 Å². The summed E-state index contributed by atoms with van der Waals surface area (Å²) in [6.45, 7) is 5.36. The quantitative estimate of drug-likeness (QED) is 0.693. The highest BCUT2D eigenvalue weighted by Crippen LogP contribution is 2.15. The molecule has 1 rings (SSSR count). The van der Waals surface area contributed by atoms with Crippen molar-refractivity contribution >= 4 is 17.5 Å². The van der Waals surface area contributed by atoms with Gasteiger partial charge in [0.05, 0.1) is 0 Å². The Morgan fingerprint density at radius 2 is 1.94 bits per heavy atom. The average molecular weight is 249 g/mol. The fourth-order valence-corrected chi connectivity index (χ4v) is 1.64. The number of nitrogens with one attached hydrogen (secondary N) is 1. The maximum absolute atomic E-state index is 12.0. The van der Waals surface area contributed by atoms with Crippen LogP contribution in [0.2, 0.25) is 0 Å². The maximum atomic E-state index is 12.0. The van der Waals surface area contributed by atoms with Gasteiger partial charge in [0.1, 0.15) is 0 Å². The summed E-state index contributed by atoms with van der Waals surface area (Å²) in [5.41, 5.74) is 12.2. The summed E-state index contributed by atoms with van der Waals surface area (Å²) in [5, 5.41) is 2.76. The van der Waals surface area contributed by atoms with Crippen LogP contribution in [-0.4, -0.2) is 17.4 Å². The van der Waals surface area contributed by atoms with E-state index >= 15 is 0 Å². The molecule has 0 heterocycles. The Morgan fingerprint density at radius 1 is 1.33 bits per heavy atom. The van der Waals surface area contributed by atoms with E-state index in [1.54, 1.807) is 32.0 Å². The number of benzene rings is 1. The Bertz CT molecular complexity index is 481. The molecule has 0 radical (unpaired) electrons. The molecule has 5 nitrogen and oxygen atoms in total. The zero-order chi connectivity index (χ0) is 13.9. The van der Waals surface area contributed by atoms with E-state index in [2.05, 4.69) is 5.32 Å². The average Bonchev–Trinajstić information content (AvgIpc) is 2.19. The number of carbonyl (C=O) groups excluding carboxylic acids is 2. The smallest absolute Gasteiger partial charge is 0.251 e. The molecule has 5 heteroatoms. The van der Waals surface area contributed by atoms with Crippen LogP contribution in [0.5, 0.6) is 0 Å².